The van der Waals surface area contributed by atoms with Gasteiger partial charge in [0.1, 0.15) is 72.9 Å². The SMILES string of the molecule is O=[N+]([O-])c1ccc(O[C@@H]2OC[C@@H](O[C@@H]3O[C@H](CO)[C@@H](O[C@@H]4O[C@H](CO)[C@H](O)[C@H](O)[C@H]4O)[C@H](O)[C@H]3O)[C@H](O)[C@H]2O)cc1. The predicted molar refractivity (Wildman–Crippen MR) is 127 cm³/mol. The molecule has 3 heterocycles. The van der Waals surface area contributed by atoms with Gasteiger partial charge in [-0.05, 0) is 12.1 Å². The van der Waals surface area contributed by atoms with E-state index in [4.69, 9.17) is 28.4 Å². The Bertz CT molecular complexity index is 997. The van der Waals surface area contributed by atoms with Crippen molar-refractivity contribution < 1.29 is 79.3 Å². The molecule has 18 heteroatoms. The molecule has 3 aliphatic rings. The minimum Gasteiger partial charge on any atom is -0.462 e. The van der Waals surface area contributed by atoms with Crippen molar-refractivity contribution >= 4 is 5.69 Å². The van der Waals surface area contributed by atoms with Gasteiger partial charge in [0.05, 0.1) is 24.7 Å². The average molecular weight is 596 g/mol. The molecule has 14 atom stereocenters. The van der Waals surface area contributed by atoms with Gasteiger partial charge in [-0.15, -0.1) is 0 Å². The van der Waals surface area contributed by atoms with E-state index in [1.54, 1.807) is 0 Å². The molecule has 0 unspecified atom stereocenters. The molecule has 3 aliphatic heterocycles. The number of benzene rings is 1. The zero-order chi connectivity index (χ0) is 30.0. The third-order valence-electron chi connectivity index (χ3n) is 7.00. The van der Waals surface area contributed by atoms with Gasteiger partial charge in [0.15, 0.2) is 12.6 Å². The van der Waals surface area contributed by atoms with Crippen LogP contribution >= 0.6 is 0 Å². The molecule has 0 saturated carbocycles. The molecular weight excluding hydrogens is 562 g/mol. The normalized spacial score (nSPS) is 43.4. The number of nitro groups is 1. The molecule has 0 amide bonds. The molecule has 9 N–H and O–H groups in total. The monoisotopic (exact) mass is 595 g/mol. The molecule has 0 aromatic heterocycles. The lowest BCUT2D eigenvalue weighted by Crippen LogP contribution is -2.65. The average Bonchev–Trinajstić information content (AvgIpc) is 2.96. The van der Waals surface area contributed by atoms with Crippen molar-refractivity contribution in [1.29, 1.82) is 0 Å². The Morgan fingerprint density at radius 3 is 1.90 bits per heavy atom. The number of rotatable bonds is 9. The molecule has 3 saturated heterocycles. The van der Waals surface area contributed by atoms with Gasteiger partial charge in [-0.1, -0.05) is 0 Å². The number of hydrogen-bond acceptors (Lipinski definition) is 17. The van der Waals surface area contributed by atoms with Gasteiger partial charge < -0.3 is 74.4 Å². The number of hydrogen-bond donors (Lipinski definition) is 9. The van der Waals surface area contributed by atoms with Gasteiger partial charge in [-0.3, -0.25) is 10.1 Å². The van der Waals surface area contributed by atoms with Gasteiger partial charge in [0.25, 0.3) is 5.69 Å². The summed E-state index contributed by atoms with van der Waals surface area (Å²) in [5.74, 6) is 0.108. The van der Waals surface area contributed by atoms with Crippen molar-refractivity contribution in [2.45, 2.75) is 86.0 Å². The van der Waals surface area contributed by atoms with E-state index in [9.17, 15) is 56.1 Å². The summed E-state index contributed by atoms with van der Waals surface area (Å²) >= 11 is 0. The van der Waals surface area contributed by atoms with Crippen molar-refractivity contribution in [2.75, 3.05) is 19.8 Å². The van der Waals surface area contributed by atoms with Gasteiger partial charge in [-0.25, -0.2) is 0 Å². The molecule has 0 aliphatic carbocycles. The van der Waals surface area contributed by atoms with Crippen LogP contribution in [0.5, 0.6) is 5.75 Å². The summed E-state index contributed by atoms with van der Waals surface area (Å²) in [4.78, 5) is 10.2. The summed E-state index contributed by atoms with van der Waals surface area (Å²) < 4.78 is 32.6. The fourth-order valence-electron chi connectivity index (χ4n) is 4.61. The van der Waals surface area contributed by atoms with Gasteiger partial charge >= 0.3 is 0 Å². The van der Waals surface area contributed by atoms with E-state index >= 15 is 0 Å². The molecule has 0 bridgehead atoms. The summed E-state index contributed by atoms with van der Waals surface area (Å²) in [6, 6.07) is 4.89. The quantitative estimate of drug-likeness (QED) is 0.0954. The van der Waals surface area contributed by atoms with E-state index in [-0.39, 0.29) is 11.4 Å². The van der Waals surface area contributed by atoms with Crippen LogP contribution in [0.15, 0.2) is 24.3 Å². The van der Waals surface area contributed by atoms with Crippen LogP contribution in [0.3, 0.4) is 0 Å². The first-order chi connectivity index (χ1) is 19.5. The van der Waals surface area contributed by atoms with Crippen molar-refractivity contribution in [1.82, 2.24) is 0 Å². The number of aliphatic hydroxyl groups excluding tert-OH is 9. The second kappa shape index (κ2) is 13.4. The number of aliphatic hydroxyl groups is 9. The van der Waals surface area contributed by atoms with Crippen molar-refractivity contribution in [3.8, 4) is 5.75 Å². The van der Waals surface area contributed by atoms with Crippen LogP contribution in [0, 0.1) is 10.1 Å². The summed E-state index contributed by atoms with van der Waals surface area (Å²) in [6.45, 7) is -1.94. The largest absolute Gasteiger partial charge is 0.462 e. The summed E-state index contributed by atoms with van der Waals surface area (Å²) in [5.41, 5.74) is -0.189. The highest BCUT2D eigenvalue weighted by Crippen LogP contribution is 2.31. The second-order valence-electron chi connectivity index (χ2n) is 9.73. The van der Waals surface area contributed by atoms with Crippen LogP contribution < -0.4 is 4.74 Å². The first-order valence-corrected chi connectivity index (χ1v) is 12.6. The fourth-order valence-corrected chi connectivity index (χ4v) is 4.61. The number of ether oxygens (including phenoxy) is 6. The summed E-state index contributed by atoms with van der Waals surface area (Å²) in [6.07, 6.45) is -22.7. The molecule has 232 valence electrons. The highest BCUT2D eigenvalue weighted by Gasteiger charge is 2.52. The maximum atomic E-state index is 10.8. The van der Waals surface area contributed by atoms with Crippen LogP contribution in [-0.4, -0.2) is 157 Å². The number of non-ortho nitro benzene ring substituents is 1. The molecule has 0 spiro atoms. The molecule has 18 nitrogen and oxygen atoms in total. The maximum Gasteiger partial charge on any atom is 0.269 e. The van der Waals surface area contributed by atoms with Crippen LogP contribution in [0.2, 0.25) is 0 Å². The van der Waals surface area contributed by atoms with Crippen molar-refractivity contribution in [3.63, 3.8) is 0 Å². The number of nitrogens with zero attached hydrogens (tertiary/aromatic N) is 1. The lowest BCUT2D eigenvalue weighted by molar-refractivity contribution is -0.384. The van der Waals surface area contributed by atoms with E-state index in [0.717, 1.165) is 0 Å². The predicted octanol–water partition coefficient (Wildman–Crippen LogP) is -4.94. The third-order valence-corrected chi connectivity index (χ3v) is 7.00. The third kappa shape index (κ3) is 6.76. The second-order valence-corrected chi connectivity index (χ2v) is 9.73. The van der Waals surface area contributed by atoms with Gasteiger partial charge in [-0.2, -0.15) is 0 Å². The highest BCUT2D eigenvalue weighted by molar-refractivity contribution is 5.36. The molecule has 41 heavy (non-hydrogen) atoms. The maximum absolute atomic E-state index is 10.8. The van der Waals surface area contributed by atoms with E-state index in [2.05, 4.69) is 0 Å². The Labute approximate surface area is 231 Å². The van der Waals surface area contributed by atoms with E-state index in [1.807, 2.05) is 0 Å². The molecule has 0 radical (unpaired) electrons. The summed E-state index contributed by atoms with van der Waals surface area (Å²) in [5, 5.41) is 103. The van der Waals surface area contributed by atoms with E-state index in [1.165, 1.54) is 24.3 Å². The Morgan fingerprint density at radius 1 is 0.732 bits per heavy atom. The van der Waals surface area contributed by atoms with Crippen molar-refractivity contribution in [2.24, 2.45) is 0 Å². The minimum absolute atomic E-state index is 0.108. The van der Waals surface area contributed by atoms with Gasteiger partial charge in [0.2, 0.25) is 6.29 Å². The van der Waals surface area contributed by atoms with E-state index in [0.29, 0.717) is 0 Å². The topological polar surface area (TPSA) is 281 Å². The molecule has 1 aromatic rings. The first-order valence-electron chi connectivity index (χ1n) is 12.6. The standard InChI is InChI=1S/C23H33NO17/c25-5-10-13(27)15(29)18(32)23(38-10)41-20-11(6-26)39-22(19(33)16(20)30)40-12-7-36-21(17(31)14(12)28)37-9-3-1-8(2-4-9)24(34)35/h1-4,10-23,25-33H,5-7H2/t10-,11-,12-,13+,14+,15+,16-,17-,18-,19-,20-,21+,22+,23+/m1/s1. The lowest BCUT2D eigenvalue weighted by Gasteiger charge is -2.47. The van der Waals surface area contributed by atoms with Crippen LogP contribution in [0.4, 0.5) is 5.69 Å². The minimum atomic E-state index is -1.87. The lowest BCUT2D eigenvalue weighted by atomic mass is 9.97. The van der Waals surface area contributed by atoms with Gasteiger partial charge in [0, 0.05) is 12.1 Å². The zero-order valence-electron chi connectivity index (χ0n) is 21.3. The molecular formula is C23H33NO17. The number of nitro benzene ring substituents is 1. The molecule has 3 fully saturated rings. The summed E-state index contributed by atoms with van der Waals surface area (Å²) in [7, 11) is 0. The zero-order valence-corrected chi connectivity index (χ0v) is 21.3. The Morgan fingerprint density at radius 2 is 1.29 bits per heavy atom. The van der Waals surface area contributed by atoms with Crippen LogP contribution in [0.1, 0.15) is 0 Å². The Hall–Kier alpha value is -2.14. The van der Waals surface area contributed by atoms with Crippen LogP contribution in [0.25, 0.3) is 0 Å². The van der Waals surface area contributed by atoms with Crippen molar-refractivity contribution in [3.05, 3.63) is 34.4 Å². The van der Waals surface area contributed by atoms with Crippen LogP contribution in [-0.2, 0) is 23.7 Å². The Balaban J connectivity index is 1.36. The fraction of sp³-hybridized carbons (Fsp3) is 0.739. The smallest absolute Gasteiger partial charge is 0.269 e. The molecule has 1 aromatic carbocycles. The first kappa shape index (κ1) is 31.8. The van der Waals surface area contributed by atoms with E-state index < -0.39 is 111 Å². The Kier molecular flexibility index (Phi) is 10.4. The highest BCUT2D eigenvalue weighted by atomic mass is 16.8. The molecule has 4 rings (SSSR count).